The molecule has 2 heterocycles. The molecule has 1 amide bonds. The van der Waals surface area contributed by atoms with E-state index < -0.39 is 13.9 Å². The molecule has 2 saturated carbocycles. The van der Waals surface area contributed by atoms with Crippen molar-refractivity contribution in [1.82, 2.24) is 9.97 Å². The van der Waals surface area contributed by atoms with E-state index in [1.165, 1.54) is 12.8 Å². The largest absolute Gasteiger partial charge is 0.495 e. The van der Waals surface area contributed by atoms with Crippen LogP contribution in [0.25, 0.3) is 0 Å². The van der Waals surface area contributed by atoms with Crippen LogP contribution in [0.15, 0.2) is 24.4 Å². The molecular weight excluding hydrogens is 533 g/mol. The fourth-order valence-corrected chi connectivity index (χ4v) is 6.38. The normalized spacial score (nSPS) is 22.4. The molecule has 3 N–H and O–H groups in total. The highest BCUT2D eigenvalue weighted by molar-refractivity contribution is 7.46. The first kappa shape index (κ1) is 27.1. The predicted molar refractivity (Wildman–Crippen MR) is 144 cm³/mol. The number of anilines is 3. The zero-order valence-electron chi connectivity index (χ0n) is 21.3. The Morgan fingerprint density at radius 1 is 1.26 bits per heavy atom. The number of phosphoric acid groups is 1. The number of aromatic nitrogens is 2. The minimum atomic E-state index is -4.55. The summed E-state index contributed by atoms with van der Waals surface area (Å²) >= 11 is 6.31. The molecule has 0 unspecified atom stereocenters. The second kappa shape index (κ2) is 11.0. The highest BCUT2D eigenvalue weighted by atomic mass is 35.5. The SMILES string of the molecule is COc1ccc(CNc2nc(N3CCC4(CC4)C3)ncc2N(C=O)C2CCC(OP(=O)(O)O)CC2)cc1Cl. The topological polar surface area (TPSA) is 137 Å². The number of benzene rings is 1. The number of phosphoric ester groups is 1. The minimum Gasteiger partial charge on any atom is -0.495 e. The first-order valence-corrected chi connectivity index (χ1v) is 14.8. The maximum absolute atomic E-state index is 12.3. The van der Waals surface area contributed by atoms with E-state index in [1.54, 1.807) is 24.3 Å². The lowest BCUT2D eigenvalue weighted by atomic mass is 9.92. The molecule has 3 fully saturated rings. The van der Waals surface area contributed by atoms with Crippen molar-refractivity contribution in [2.45, 2.75) is 63.6 Å². The number of ether oxygens (including phenoxy) is 1. The fraction of sp³-hybridized carbons (Fsp3) is 0.560. The van der Waals surface area contributed by atoms with E-state index in [0.717, 1.165) is 31.5 Å². The summed E-state index contributed by atoms with van der Waals surface area (Å²) in [5.74, 6) is 1.77. The van der Waals surface area contributed by atoms with Crippen molar-refractivity contribution in [3.8, 4) is 5.75 Å². The molecule has 1 spiro atoms. The number of hydrogen-bond acceptors (Lipinski definition) is 8. The summed E-state index contributed by atoms with van der Waals surface area (Å²) in [4.78, 5) is 43.9. The van der Waals surface area contributed by atoms with Gasteiger partial charge in [0.15, 0.2) is 5.82 Å². The van der Waals surface area contributed by atoms with Gasteiger partial charge in [0.05, 0.1) is 24.4 Å². The van der Waals surface area contributed by atoms with Crippen LogP contribution in [0, 0.1) is 5.41 Å². The van der Waals surface area contributed by atoms with Crippen LogP contribution in [-0.4, -0.2) is 58.5 Å². The van der Waals surface area contributed by atoms with Crippen LogP contribution >= 0.6 is 19.4 Å². The number of halogens is 1. The lowest BCUT2D eigenvalue weighted by Gasteiger charge is -2.35. The van der Waals surface area contributed by atoms with E-state index in [9.17, 15) is 9.36 Å². The van der Waals surface area contributed by atoms with Crippen molar-refractivity contribution < 1.29 is 28.4 Å². The third kappa shape index (κ3) is 6.24. The van der Waals surface area contributed by atoms with Crippen molar-refractivity contribution in [3.05, 3.63) is 35.0 Å². The smallest absolute Gasteiger partial charge is 0.469 e. The zero-order chi connectivity index (χ0) is 26.9. The van der Waals surface area contributed by atoms with Gasteiger partial charge in [0.25, 0.3) is 0 Å². The van der Waals surface area contributed by atoms with E-state index >= 15 is 0 Å². The summed E-state index contributed by atoms with van der Waals surface area (Å²) in [6.45, 7) is 2.28. The molecule has 13 heteroatoms. The summed E-state index contributed by atoms with van der Waals surface area (Å²) in [6, 6.07) is 5.38. The lowest BCUT2D eigenvalue weighted by molar-refractivity contribution is -0.108. The maximum Gasteiger partial charge on any atom is 0.469 e. The summed E-state index contributed by atoms with van der Waals surface area (Å²) in [6.07, 6.45) is 7.50. The second-order valence-electron chi connectivity index (χ2n) is 10.4. The third-order valence-electron chi connectivity index (χ3n) is 7.83. The molecule has 206 valence electrons. The van der Waals surface area contributed by atoms with Crippen LogP contribution in [-0.2, 0) is 20.4 Å². The molecule has 5 rings (SSSR count). The number of hydrogen-bond donors (Lipinski definition) is 3. The molecular formula is C25H33ClN5O6P. The van der Waals surface area contributed by atoms with E-state index in [0.29, 0.717) is 65.9 Å². The molecule has 2 aromatic rings. The Morgan fingerprint density at radius 3 is 2.63 bits per heavy atom. The standard InChI is InChI=1S/C25H33ClN5O6P/c1-36-22-7-2-17(12-20(22)26)13-27-23-21(14-28-24(29-23)30-11-10-25(15-30)8-9-25)31(16-32)18-3-5-19(6-4-18)37-38(33,34)35/h2,7,12,14,16,18-19H,3-6,8-11,13,15H2,1H3,(H,27,28,29)(H2,33,34,35). The average Bonchev–Trinajstić information content (AvgIpc) is 3.52. The summed E-state index contributed by atoms with van der Waals surface area (Å²) in [5.41, 5.74) is 1.90. The van der Waals surface area contributed by atoms with Crippen LogP contribution in [0.2, 0.25) is 5.02 Å². The van der Waals surface area contributed by atoms with E-state index in [2.05, 4.69) is 15.2 Å². The molecule has 1 aromatic heterocycles. The Labute approximate surface area is 226 Å². The first-order valence-electron chi connectivity index (χ1n) is 12.8. The second-order valence-corrected chi connectivity index (χ2v) is 12.0. The monoisotopic (exact) mass is 565 g/mol. The highest BCUT2D eigenvalue weighted by Gasteiger charge is 2.48. The van der Waals surface area contributed by atoms with Gasteiger partial charge in [0, 0.05) is 25.7 Å². The lowest BCUT2D eigenvalue weighted by Crippen LogP contribution is -2.39. The summed E-state index contributed by atoms with van der Waals surface area (Å²) in [7, 11) is -2.99. The van der Waals surface area contributed by atoms with Crippen molar-refractivity contribution in [2.24, 2.45) is 5.41 Å². The number of methoxy groups -OCH3 is 1. The van der Waals surface area contributed by atoms with Gasteiger partial charge in [-0.3, -0.25) is 9.32 Å². The Morgan fingerprint density at radius 2 is 2.03 bits per heavy atom. The van der Waals surface area contributed by atoms with Crippen molar-refractivity contribution >= 4 is 43.3 Å². The van der Waals surface area contributed by atoms with Gasteiger partial charge >= 0.3 is 7.82 Å². The van der Waals surface area contributed by atoms with Gasteiger partial charge in [-0.25, -0.2) is 9.55 Å². The highest BCUT2D eigenvalue weighted by Crippen LogP contribution is 2.53. The van der Waals surface area contributed by atoms with Crippen LogP contribution in [0.1, 0.15) is 50.5 Å². The molecule has 1 aliphatic heterocycles. The molecule has 0 radical (unpaired) electrons. The van der Waals surface area contributed by atoms with E-state index in [1.807, 2.05) is 12.1 Å². The van der Waals surface area contributed by atoms with Gasteiger partial charge < -0.3 is 29.6 Å². The van der Waals surface area contributed by atoms with Crippen LogP contribution in [0.3, 0.4) is 0 Å². The Kier molecular flexibility index (Phi) is 7.84. The Hall–Kier alpha value is -2.43. The van der Waals surface area contributed by atoms with Crippen LogP contribution in [0.4, 0.5) is 17.5 Å². The molecule has 38 heavy (non-hydrogen) atoms. The number of carbonyl (C=O) groups is 1. The molecule has 0 atom stereocenters. The molecule has 1 saturated heterocycles. The van der Waals surface area contributed by atoms with E-state index in [-0.39, 0.29) is 6.04 Å². The quantitative estimate of drug-likeness (QED) is 0.285. The van der Waals surface area contributed by atoms with E-state index in [4.69, 9.17) is 35.6 Å². The molecule has 11 nitrogen and oxygen atoms in total. The molecule has 1 aromatic carbocycles. The molecule has 3 aliphatic rings. The number of carbonyl (C=O) groups excluding carboxylic acids is 1. The number of rotatable bonds is 10. The number of nitrogens with one attached hydrogen (secondary N) is 1. The van der Waals surface area contributed by atoms with Crippen LogP contribution < -0.4 is 19.9 Å². The molecule has 0 bridgehead atoms. The number of amides is 1. The van der Waals surface area contributed by atoms with Gasteiger partial charge in [-0.05, 0) is 68.1 Å². The Bertz CT molecular complexity index is 1220. The average molecular weight is 566 g/mol. The first-order chi connectivity index (χ1) is 18.2. The van der Waals surface area contributed by atoms with Gasteiger partial charge in [0.1, 0.15) is 11.4 Å². The third-order valence-corrected chi connectivity index (χ3v) is 8.69. The van der Waals surface area contributed by atoms with Crippen molar-refractivity contribution in [2.75, 3.05) is 35.3 Å². The predicted octanol–water partition coefficient (Wildman–Crippen LogP) is 4.12. The fourth-order valence-electron chi connectivity index (χ4n) is 5.50. The van der Waals surface area contributed by atoms with Crippen molar-refractivity contribution in [1.29, 1.82) is 0 Å². The van der Waals surface area contributed by atoms with Gasteiger partial charge in [-0.1, -0.05) is 17.7 Å². The summed E-state index contributed by atoms with van der Waals surface area (Å²) in [5, 5.41) is 3.89. The number of nitrogens with zero attached hydrogens (tertiary/aromatic N) is 4. The minimum absolute atomic E-state index is 0.170. The maximum atomic E-state index is 12.3. The van der Waals surface area contributed by atoms with Crippen LogP contribution in [0.5, 0.6) is 5.75 Å². The zero-order valence-corrected chi connectivity index (χ0v) is 22.9. The van der Waals surface area contributed by atoms with Gasteiger partial charge in [-0.15, -0.1) is 0 Å². The molecule has 2 aliphatic carbocycles. The van der Waals surface area contributed by atoms with Gasteiger partial charge in [0.2, 0.25) is 12.4 Å². The summed E-state index contributed by atoms with van der Waals surface area (Å²) < 4.78 is 21.4. The van der Waals surface area contributed by atoms with Crippen molar-refractivity contribution in [3.63, 3.8) is 0 Å². The Balaban J connectivity index is 1.36. The van der Waals surface area contributed by atoms with Gasteiger partial charge in [-0.2, -0.15) is 4.98 Å².